The Balaban J connectivity index is 1.39. The van der Waals surface area contributed by atoms with Crippen LogP contribution in [0.2, 0.25) is 0 Å². The van der Waals surface area contributed by atoms with Gasteiger partial charge in [0.15, 0.2) is 6.61 Å². The van der Waals surface area contributed by atoms with Crippen LogP contribution in [0.25, 0.3) is 11.3 Å². The molecule has 1 amide bonds. The Morgan fingerprint density at radius 3 is 2.47 bits per heavy atom. The molecule has 0 radical (unpaired) electrons. The molecular formula is C23H25N3O4. The van der Waals surface area contributed by atoms with Crippen molar-refractivity contribution in [1.82, 2.24) is 15.5 Å². The molecule has 3 aromatic rings. The highest BCUT2D eigenvalue weighted by atomic mass is 16.5. The lowest BCUT2D eigenvalue weighted by molar-refractivity contribution is -0.123. The van der Waals surface area contributed by atoms with E-state index < -0.39 is 0 Å². The van der Waals surface area contributed by atoms with Gasteiger partial charge in [-0.2, -0.15) is 0 Å². The molecular weight excluding hydrogens is 382 g/mol. The number of para-hydroxylation sites is 1. The molecule has 0 aliphatic rings. The van der Waals surface area contributed by atoms with Crippen LogP contribution in [0.4, 0.5) is 0 Å². The van der Waals surface area contributed by atoms with Gasteiger partial charge in [-0.25, -0.2) is 0 Å². The highest BCUT2D eigenvalue weighted by molar-refractivity contribution is 5.77. The second kappa shape index (κ2) is 10.8. The smallest absolute Gasteiger partial charge is 0.258 e. The van der Waals surface area contributed by atoms with Crippen LogP contribution in [0.3, 0.4) is 0 Å². The average Bonchev–Trinajstić information content (AvgIpc) is 2.81. The molecule has 1 aromatic heterocycles. The quantitative estimate of drug-likeness (QED) is 0.520. The molecule has 0 aliphatic heterocycles. The highest BCUT2D eigenvalue weighted by Gasteiger charge is 2.06. The van der Waals surface area contributed by atoms with Crippen molar-refractivity contribution in [3.8, 4) is 28.6 Å². The van der Waals surface area contributed by atoms with Crippen LogP contribution in [-0.2, 0) is 11.2 Å². The molecule has 0 aliphatic carbocycles. The summed E-state index contributed by atoms with van der Waals surface area (Å²) in [6, 6.07) is 18.9. The molecule has 3 rings (SSSR count). The zero-order valence-corrected chi connectivity index (χ0v) is 17.1. The second-order valence-corrected chi connectivity index (χ2v) is 6.43. The Kier molecular flexibility index (Phi) is 7.60. The van der Waals surface area contributed by atoms with Crippen LogP contribution in [0.15, 0.2) is 60.7 Å². The van der Waals surface area contributed by atoms with E-state index in [-0.39, 0.29) is 19.1 Å². The van der Waals surface area contributed by atoms with E-state index >= 15 is 0 Å². The monoisotopic (exact) mass is 407 g/mol. The number of carbonyl (C=O) groups is 1. The number of methoxy groups -OCH3 is 1. The van der Waals surface area contributed by atoms with E-state index in [1.807, 2.05) is 61.5 Å². The number of aromatic nitrogens is 2. The third kappa shape index (κ3) is 5.94. The summed E-state index contributed by atoms with van der Waals surface area (Å²) in [7, 11) is 1.63. The Hall–Kier alpha value is -3.61. The highest BCUT2D eigenvalue weighted by Crippen LogP contribution is 2.21. The standard InChI is InChI=1S/C23H25N3O4/c1-3-17-6-4-5-7-21(17)30-16-22(27)24-14-15-29-23-13-12-20(25-26-23)18-8-10-19(28-2)11-9-18/h4-13H,3,14-16H2,1-2H3,(H,24,27). The van der Waals surface area contributed by atoms with Crippen molar-refractivity contribution in [3.63, 3.8) is 0 Å². The van der Waals surface area contributed by atoms with Gasteiger partial charge in [0.05, 0.1) is 19.3 Å². The van der Waals surface area contributed by atoms with Crippen LogP contribution in [0.1, 0.15) is 12.5 Å². The van der Waals surface area contributed by atoms with Gasteiger partial charge in [0, 0.05) is 11.6 Å². The number of hydrogen-bond acceptors (Lipinski definition) is 6. The molecule has 0 saturated heterocycles. The molecule has 0 atom stereocenters. The van der Waals surface area contributed by atoms with Crippen molar-refractivity contribution in [2.24, 2.45) is 0 Å². The van der Waals surface area contributed by atoms with Gasteiger partial charge in [0.25, 0.3) is 5.91 Å². The molecule has 0 spiro atoms. The fourth-order valence-corrected chi connectivity index (χ4v) is 2.79. The minimum atomic E-state index is -0.203. The predicted molar refractivity (Wildman–Crippen MR) is 114 cm³/mol. The summed E-state index contributed by atoms with van der Waals surface area (Å²) in [5.74, 6) is 1.72. The third-order valence-corrected chi connectivity index (χ3v) is 4.41. The van der Waals surface area contributed by atoms with Gasteiger partial charge in [0.1, 0.15) is 18.1 Å². The molecule has 30 heavy (non-hydrogen) atoms. The maximum atomic E-state index is 11.9. The zero-order chi connectivity index (χ0) is 21.2. The molecule has 0 bridgehead atoms. The zero-order valence-electron chi connectivity index (χ0n) is 17.1. The Bertz CT molecular complexity index is 943. The summed E-state index contributed by atoms with van der Waals surface area (Å²) in [4.78, 5) is 11.9. The van der Waals surface area contributed by atoms with Gasteiger partial charge in [-0.05, 0) is 48.4 Å². The van der Waals surface area contributed by atoms with Crippen molar-refractivity contribution in [2.75, 3.05) is 26.9 Å². The van der Waals surface area contributed by atoms with Crippen molar-refractivity contribution >= 4 is 5.91 Å². The SMILES string of the molecule is CCc1ccccc1OCC(=O)NCCOc1ccc(-c2ccc(OC)cc2)nn1. The first-order valence-electron chi connectivity index (χ1n) is 9.78. The maximum absolute atomic E-state index is 11.9. The minimum absolute atomic E-state index is 0.0343. The third-order valence-electron chi connectivity index (χ3n) is 4.41. The summed E-state index contributed by atoms with van der Waals surface area (Å²) in [6.07, 6.45) is 0.851. The molecule has 0 unspecified atom stereocenters. The Labute approximate surface area is 176 Å². The lowest BCUT2D eigenvalue weighted by Crippen LogP contribution is -2.32. The largest absolute Gasteiger partial charge is 0.497 e. The van der Waals surface area contributed by atoms with Crippen LogP contribution < -0.4 is 19.5 Å². The second-order valence-electron chi connectivity index (χ2n) is 6.43. The summed E-state index contributed by atoms with van der Waals surface area (Å²) >= 11 is 0. The number of nitrogens with zero attached hydrogens (tertiary/aromatic N) is 2. The van der Waals surface area contributed by atoms with Crippen LogP contribution in [0, 0.1) is 0 Å². The molecule has 2 aromatic carbocycles. The van der Waals surface area contributed by atoms with Crippen molar-refractivity contribution in [2.45, 2.75) is 13.3 Å². The van der Waals surface area contributed by atoms with E-state index in [0.717, 1.165) is 34.7 Å². The number of amides is 1. The minimum Gasteiger partial charge on any atom is -0.497 e. The summed E-state index contributed by atoms with van der Waals surface area (Å²) in [5.41, 5.74) is 2.75. The first-order chi connectivity index (χ1) is 14.7. The normalized spacial score (nSPS) is 10.3. The lowest BCUT2D eigenvalue weighted by atomic mass is 10.1. The van der Waals surface area contributed by atoms with Gasteiger partial charge in [-0.1, -0.05) is 25.1 Å². The summed E-state index contributed by atoms with van der Waals surface area (Å²) < 4.78 is 16.3. The van der Waals surface area contributed by atoms with Crippen LogP contribution in [0.5, 0.6) is 17.4 Å². The first-order valence-corrected chi connectivity index (χ1v) is 9.78. The average molecular weight is 407 g/mol. The summed E-state index contributed by atoms with van der Waals surface area (Å²) in [5, 5.41) is 11.0. The van der Waals surface area contributed by atoms with Gasteiger partial charge < -0.3 is 19.5 Å². The van der Waals surface area contributed by atoms with Crippen molar-refractivity contribution in [3.05, 3.63) is 66.2 Å². The van der Waals surface area contributed by atoms with Gasteiger partial charge >= 0.3 is 0 Å². The number of nitrogens with one attached hydrogen (secondary N) is 1. The van der Waals surface area contributed by atoms with Crippen LogP contribution in [-0.4, -0.2) is 43.0 Å². The van der Waals surface area contributed by atoms with E-state index in [4.69, 9.17) is 14.2 Å². The summed E-state index contributed by atoms with van der Waals surface area (Å²) in [6.45, 7) is 2.65. The number of rotatable bonds is 10. The molecule has 7 heteroatoms. The Morgan fingerprint density at radius 1 is 0.967 bits per heavy atom. The van der Waals surface area contributed by atoms with Crippen molar-refractivity contribution < 1.29 is 19.0 Å². The van der Waals surface area contributed by atoms with Gasteiger partial charge in [0.2, 0.25) is 5.88 Å². The topological polar surface area (TPSA) is 82.6 Å². The van der Waals surface area contributed by atoms with E-state index in [0.29, 0.717) is 12.4 Å². The maximum Gasteiger partial charge on any atom is 0.258 e. The molecule has 156 valence electrons. The number of hydrogen-bond donors (Lipinski definition) is 1. The van der Waals surface area contributed by atoms with E-state index in [1.54, 1.807) is 13.2 Å². The molecule has 7 nitrogen and oxygen atoms in total. The molecule has 1 heterocycles. The predicted octanol–water partition coefficient (Wildman–Crippen LogP) is 3.29. The lowest BCUT2D eigenvalue weighted by Gasteiger charge is -2.11. The first kappa shape index (κ1) is 21.1. The fraction of sp³-hybridized carbons (Fsp3) is 0.261. The molecule has 1 N–H and O–H groups in total. The van der Waals surface area contributed by atoms with E-state index in [9.17, 15) is 4.79 Å². The molecule has 0 saturated carbocycles. The number of benzene rings is 2. The van der Waals surface area contributed by atoms with E-state index in [2.05, 4.69) is 15.5 Å². The van der Waals surface area contributed by atoms with E-state index in [1.165, 1.54) is 0 Å². The van der Waals surface area contributed by atoms with Gasteiger partial charge in [-0.15, -0.1) is 10.2 Å². The number of aryl methyl sites for hydroxylation is 1. The number of carbonyl (C=O) groups excluding carboxylic acids is 1. The molecule has 0 fully saturated rings. The van der Waals surface area contributed by atoms with Crippen LogP contribution >= 0.6 is 0 Å². The number of ether oxygens (including phenoxy) is 3. The van der Waals surface area contributed by atoms with Crippen molar-refractivity contribution in [1.29, 1.82) is 0 Å². The Morgan fingerprint density at radius 2 is 1.77 bits per heavy atom. The fourth-order valence-electron chi connectivity index (χ4n) is 2.79. The van der Waals surface area contributed by atoms with Gasteiger partial charge in [-0.3, -0.25) is 4.79 Å².